The number of carbonyl (C=O) groups is 1. The van der Waals surface area contributed by atoms with Gasteiger partial charge in [-0.25, -0.2) is 9.78 Å². The molecule has 1 amide bonds. The van der Waals surface area contributed by atoms with Crippen LogP contribution >= 0.6 is 0 Å². The molecule has 0 radical (unpaired) electrons. The van der Waals surface area contributed by atoms with Crippen molar-refractivity contribution in [2.24, 2.45) is 0 Å². The molecule has 0 spiro atoms. The number of carbonyl (C=O) groups excluding carboxylic acids is 1. The quantitative estimate of drug-likeness (QED) is 0.897. The highest BCUT2D eigenvalue weighted by Crippen LogP contribution is 2.20. The van der Waals surface area contributed by atoms with E-state index in [1.54, 1.807) is 6.20 Å². The van der Waals surface area contributed by atoms with Gasteiger partial charge in [0.2, 0.25) is 0 Å². The molecule has 0 bridgehead atoms. The molecule has 1 aromatic rings. The number of amides is 1. The lowest BCUT2D eigenvalue weighted by molar-refractivity contribution is 0.00696. The van der Waals surface area contributed by atoms with Crippen molar-refractivity contribution < 1.29 is 9.53 Å². The van der Waals surface area contributed by atoms with Gasteiger partial charge in [-0.05, 0) is 40.5 Å². The Morgan fingerprint density at radius 3 is 2.95 bits per heavy atom. The molecule has 118 valence electrons. The Bertz CT molecular complexity index is 453. The van der Waals surface area contributed by atoms with Gasteiger partial charge in [0.15, 0.2) is 0 Å². The largest absolute Gasteiger partial charge is 0.444 e. The van der Waals surface area contributed by atoms with Crippen molar-refractivity contribution in [3.8, 4) is 0 Å². The molecule has 2 heterocycles. The third kappa shape index (κ3) is 4.46. The molecule has 6 heteroatoms. The number of hydrogen-bond donors (Lipinski definition) is 2. The number of aromatic amines is 1. The Morgan fingerprint density at radius 1 is 1.57 bits per heavy atom. The SMILES string of the molecule is CC1C(NCc2ncc[nH]2)CCCN1C(=O)OC(C)(C)C. The van der Waals surface area contributed by atoms with Gasteiger partial charge >= 0.3 is 6.09 Å². The highest BCUT2D eigenvalue weighted by atomic mass is 16.6. The van der Waals surface area contributed by atoms with Gasteiger partial charge in [0.1, 0.15) is 11.4 Å². The van der Waals surface area contributed by atoms with Crippen molar-refractivity contribution in [1.82, 2.24) is 20.2 Å². The Morgan fingerprint density at radius 2 is 2.33 bits per heavy atom. The first kappa shape index (κ1) is 15.8. The summed E-state index contributed by atoms with van der Waals surface area (Å²) in [7, 11) is 0. The smallest absolute Gasteiger partial charge is 0.410 e. The summed E-state index contributed by atoms with van der Waals surface area (Å²) in [6.45, 7) is 9.20. The average Bonchev–Trinajstić information content (AvgIpc) is 2.88. The highest BCUT2D eigenvalue weighted by molar-refractivity contribution is 5.68. The van der Waals surface area contributed by atoms with Crippen LogP contribution in [-0.4, -0.2) is 45.2 Å². The number of nitrogens with one attached hydrogen (secondary N) is 2. The normalized spacial score (nSPS) is 23.1. The molecule has 1 aliphatic heterocycles. The molecular formula is C15H26N4O2. The molecule has 2 unspecified atom stereocenters. The Labute approximate surface area is 126 Å². The Balaban J connectivity index is 1.91. The van der Waals surface area contributed by atoms with E-state index in [-0.39, 0.29) is 18.2 Å². The maximum atomic E-state index is 12.3. The van der Waals surface area contributed by atoms with Crippen molar-refractivity contribution in [2.45, 2.75) is 64.8 Å². The van der Waals surface area contributed by atoms with Crippen molar-refractivity contribution in [3.05, 3.63) is 18.2 Å². The van der Waals surface area contributed by atoms with E-state index >= 15 is 0 Å². The number of H-pyrrole nitrogens is 1. The van der Waals surface area contributed by atoms with E-state index in [0.29, 0.717) is 6.54 Å². The van der Waals surface area contributed by atoms with Gasteiger partial charge in [-0.1, -0.05) is 0 Å². The summed E-state index contributed by atoms with van der Waals surface area (Å²) in [5.41, 5.74) is -0.453. The van der Waals surface area contributed by atoms with Crippen LogP contribution in [0.25, 0.3) is 0 Å². The van der Waals surface area contributed by atoms with Crippen LogP contribution < -0.4 is 5.32 Å². The molecule has 6 nitrogen and oxygen atoms in total. The van der Waals surface area contributed by atoms with E-state index in [0.717, 1.165) is 25.2 Å². The van der Waals surface area contributed by atoms with Crippen molar-refractivity contribution in [1.29, 1.82) is 0 Å². The average molecular weight is 294 g/mol. The molecule has 2 N–H and O–H groups in total. The maximum absolute atomic E-state index is 12.3. The third-order valence-corrected chi connectivity index (χ3v) is 3.70. The van der Waals surface area contributed by atoms with E-state index in [1.165, 1.54) is 0 Å². The van der Waals surface area contributed by atoms with Gasteiger partial charge < -0.3 is 19.9 Å². The lowest BCUT2D eigenvalue weighted by Gasteiger charge is -2.40. The number of imidazole rings is 1. The fourth-order valence-corrected chi connectivity index (χ4v) is 2.62. The maximum Gasteiger partial charge on any atom is 0.410 e. The van der Waals surface area contributed by atoms with Crippen LogP contribution in [0.3, 0.4) is 0 Å². The number of likely N-dealkylation sites (tertiary alicyclic amines) is 1. The fourth-order valence-electron chi connectivity index (χ4n) is 2.62. The second-order valence-corrected chi connectivity index (χ2v) is 6.58. The molecule has 21 heavy (non-hydrogen) atoms. The minimum atomic E-state index is -0.453. The molecule has 1 saturated heterocycles. The lowest BCUT2D eigenvalue weighted by atomic mass is 9.98. The number of aromatic nitrogens is 2. The molecule has 1 aliphatic rings. The van der Waals surface area contributed by atoms with Crippen molar-refractivity contribution >= 4 is 6.09 Å². The summed E-state index contributed by atoms with van der Waals surface area (Å²) < 4.78 is 5.49. The first-order valence-corrected chi connectivity index (χ1v) is 7.58. The van der Waals surface area contributed by atoms with Crippen LogP contribution in [0.15, 0.2) is 12.4 Å². The predicted molar refractivity (Wildman–Crippen MR) is 80.9 cm³/mol. The van der Waals surface area contributed by atoms with E-state index in [1.807, 2.05) is 31.9 Å². The van der Waals surface area contributed by atoms with Gasteiger partial charge in [-0.3, -0.25) is 0 Å². The molecule has 1 fully saturated rings. The zero-order chi connectivity index (χ0) is 15.5. The highest BCUT2D eigenvalue weighted by Gasteiger charge is 2.33. The topological polar surface area (TPSA) is 70.2 Å². The summed E-state index contributed by atoms with van der Waals surface area (Å²) in [5, 5.41) is 3.48. The van der Waals surface area contributed by atoms with E-state index in [2.05, 4.69) is 22.2 Å². The predicted octanol–water partition coefficient (Wildman–Crippen LogP) is 2.29. The van der Waals surface area contributed by atoms with Gasteiger partial charge in [0, 0.05) is 31.0 Å². The Kier molecular flexibility index (Phi) is 4.88. The van der Waals surface area contributed by atoms with Crippen LogP contribution in [0, 0.1) is 0 Å². The molecule has 0 aromatic carbocycles. The molecule has 2 rings (SSSR count). The molecular weight excluding hydrogens is 268 g/mol. The summed E-state index contributed by atoms with van der Waals surface area (Å²) in [4.78, 5) is 21.4. The van der Waals surface area contributed by atoms with Crippen LogP contribution in [0.1, 0.15) is 46.4 Å². The standard InChI is InChI=1S/C15H26N4O2/c1-11-12(18-10-13-16-7-8-17-13)6-5-9-19(11)14(20)21-15(2,3)4/h7-8,11-12,18H,5-6,9-10H2,1-4H3,(H,16,17). The molecule has 0 saturated carbocycles. The number of hydrogen-bond acceptors (Lipinski definition) is 4. The molecule has 2 atom stereocenters. The van der Waals surface area contributed by atoms with Gasteiger partial charge in [-0.15, -0.1) is 0 Å². The van der Waals surface area contributed by atoms with Crippen molar-refractivity contribution in [2.75, 3.05) is 6.54 Å². The summed E-state index contributed by atoms with van der Waals surface area (Å²) in [5.74, 6) is 0.914. The zero-order valence-corrected chi connectivity index (χ0v) is 13.3. The third-order valence-electron chi connectivity index (χ3n) is 3.70. The fraction of sp³-hybridized carbons (Fsp3) is 0.733. The zero-order valence-electron chi connectivity index (χ0n) is 13.3. The second-order valence-electron chi connectivity index (χ2n) is 6.58. The van der Waals surface area contributed by atoms with Crippen LogP contribution in [0.2, 0.25) is 0 Å². The van der Waals surface area contributed by atoms with Gasteiger partial charge in [0.05, 0.1) is 6.54 Å². The monoisotopic (exact) mass is 294 g/mol. The van der Waals surface area contributed by atoms with Gasteiger partial charge in [-0.2, -0.15) is 0 Å². The lowest BCUT2D eigenvalue weighted by Crippen LogP contribution is -2.55. The minimum Gasteiger partial charge on any atom is -0.444 e. The summed E-state index contributed by atoms with van der Waals surface area (Å²) in [6, 6.07) is 0.375. The van der Waals surface area contributed by atoms with Crippen LogP contribution in [0.4, 0.5) is 4.79 Å². The van der Waals surface area contributed by atoms with Crippen LogP contribution in [-0.2, 0) is 11.3 Å². The number of rotatable bonds is 3. The van der Waals surface area contributed by atoms with Crippen LogP contribution in [0.5, 0.6) is 0 Å². The number of ether oxygens (including phenoxy) is 1. The van der Waals surface area contributed by atoms with E-state index in [9.17, 15) is 4.79 Å². The first-order valence-electron chi connectivity index (χ1n) is 7.58. The van der Waals surface area contributed by atoms with Crippen molar-refractivity contribution in [3.63, 3.8) is 0 Å². The number of nitrogens with zero attached hydrogens (tertiary/aromatic N) is 2. The second kappa shape index (κ2) is 6.47. The first-order chi connectivity index (χ1) is 9.87. The number of piperidine rings is 1. The van der Waals surface area contributed by atoms with E-state index < -0.39 is 5.60 Å². The van der Waals surface area contributed by atoms with E-state index in [4.69, 9.17) is 4.74 Å². The summed E-state index contributed by atoms with van der Waals surface area (Å²) >= 11 is 0. The Hall–Kier alpha value is -1.56. The molecule has 0 aliphatic carbocycles. The van der Waals surface area contributed by atoms with Gasteiger partial charge in [0.25, 0.3) is 0 Å². The summed E-state index contributed by atoms with van der Waals surface area (Å²) in [6.07, 6.45) is 5.38. The molecule has 1 aromatic heterocycles. The minimum absolute atomic E-state index is 0.114.